The van der Waals surface area contributed by atoms with Crippen molar-refractivity contribution in [2.45, 2.75) is 25.5 Å². The minimum absolute atomic E-state index is 0.245. The number of hydrogen-bond acceptors (Lipinski definition) is 3. The largest absolute Gasteiger partial charge is 0.382 e. The van der Waals surface area contributed by atoms with Crippen molar-refractivity contribution in [3.05, 3.63) is 18.0 Å². The zero-order valence-corrected chi connectivity index (χ0v) is 9.32. The Bertz CT molecular complexity index is 272. The highest BCUT2D eigenvalue weighted by Crippen LogP contribution is 2.16. The maximum Gasteiger partial charge on any atom is 0.0794 e. The molecule has 14 heavy (non-hydrogen) atoms. The average molecular weight is 197 g/mol. The molecule has 0 aromatic carbocycles. The van der Waals surface area contributed by atoms with Gasteiger partial charge in [0.05, 0.1) is 17.8 Å². The van der Waals surface area contributed by atoms with Gasteiger partial charge >= 0.3 is 0 Å². The van der Waals surface area contributed by atoms with E-state index < -0.39 is 0 Å². The van der Waals surface area contributed by atoms with Gasteiger partial charge in [-0.25, -0.2) is 0 Å². The van der Waals surface area contributed by atoms with Gasteiger partial charge in [-0.05, 0) is 26.5 Å². The molecule has 1 heterocycles. The summed E-state index contributed by atoms with van der Waals surface area (Å²) >= 11 is 0. The Morgan fingerprint density at radius 1 is 1.64 bits per heavy atom. The van der Waals surface area contributed by atoms with Gasteiger partial charge in [0.25, 0.3) is 0 Å². The van der Waals surface area contributed by atoms with Crippen molar-refractivity contribution in [3.63, 3.8) is 0 Å². The monoisotopic (exact) mass is 197 g/mol. The van der Waals surface area contributed by atoms with Gasteiger partial charge in [-0.15, -0.1) is 0 Å². The first-order chi connectivity index (χ1) is 6.67. The van der Waals surface area contributed by atoms with E-state index in [-0.39, 0.29) is 12.1 Å². The minimum atomic E-state index is 0.245. The topological polar surface area (TPSA) is 39.1 Å². The van der Waals surface area contributed by atoms with Crippen molar-refractivity contribution in [2.24, 2.45) is 7.05 Å². The molecule has 0 amide bonds. The van der Waals surface area contributed by atoms with Gasteiger partial charge in [-0.1, -0.05) is 0 Å². The van der Waals surface area contributed by atoms with Gasteiger partial charge in [0.2, 0.25) is 0 Å². The number of methoxy groups -OCH3 is 1. The maximum absolute atomic E-state index is 5.24. The molecule has 1 rings (SSSR count). The molecule has 0 saturated carbocycles. The van der Waals surface area contributed by atoms with Crippen LogP contribution >= 0.6 is 0 Å². The van der Waals surface area contributed by atoms with Crippen molar-refractivity contribution in [1.29, 1.82) is 0 Å². The molecule has 0 bridgehead atoms. The molecule has 80 valence electrons. The van der Waals surface area contributed by atoms with E-state index in [0.29, 0.717) is 0 Å². The molecule has 1 aromatic heterocycles. The molecule has 0 aliphatic heterocycles. The second kappa shape index (κ2) is 5.12. The number of aryl methyl sites for hydroxylation is 1. The zero-order chi connectivity index (χ0) is 10.6. The normalized spacial score (nSPS) is 15.4. The fraction of sp³-hybridized carbons (Fsp3) is 0.700. The van der Waals surface area contributed by atoms with E-state index in [9.17, 15) is 0 Å². The summed E-state index contributed by atoms with van der Waals surface area (Å²) in [4.78, 5) is 0. The van der Waals surface area contributed by atoms with Crippen molar-refractivity contribution in [3.8, 4) is 0 Å². The highest BCUT2D eigenvalue weighted by molar-refractivity contribution is 5.05. The molecule has 0 aliphatic rings. The lowest BCUT2D eigenvalue weighted by Gasteiger charge is -2.17. The van der Waals surface area contributed by atoms with Crippen LogP contribution in [-0.4, -0.2) is 30.0 Å². The standard InChI is InChI=1S/C10H19N3O/c1-8(14-4)7-10(11-2)9-5-6-13(3)12-9/h5-6,8,10-11H,7H2,1-4H3. The Balaban J connectivity index is 2.62. The van der Waals surface area contributed by atoms with Crippen LogP contribution in [0.2, 0.25) is 0 Å². The third kappa shape index (κ3) is 2.82. The van der Waals surface area contributed by atoms with Crippen LogP contribution in [0.1, 0.15) is 25.1 Å². The van der Waals surface area contributed by atoms with E-state index in [1.165, 1.54) is 0 Å². The lowest BCUT2D eigenvalue weighted by Crippen LogP contribution is -2.22. The molecular formula is C10H19N3O. The smallest absolute Gasteiger partial charge is 0.0794 e. The Morgan fingerprint density at radius 2 is 2.36 bits per heavy atom. The van der Waals surface area contributed by atoms with Gasteiger partial charge < -0.3 is 10.1 Å². The van der Waals surface area contributed by atoms with E-state index >= 15 is 0 Å². The van der Waals surface area contributed by atoms with Crippen molar-refractivity contribution >= 4 is 0 Å². The zero-order valence-electron chi connectivity index (χ0n) is 9.32. The van der Waals surface area contributed by atoms with Crippen LogP contribution in [0.5, 0.6) is 0 Å². The first kappa shape index (κ1) is 11.2. The first-order valence-corrected chi connectivity index (χ1v) is 4.87. The molecule has 4 nitrogen and oxygen atoms in total. The molecular weight excluding hydrogens is 178 g/mol. The van der Waals surface area contributed by atoms with Crippen molar-refractivity contribution < 1.29 is 4.74 Å². The molecule has 0 aliphatic carbocycles. The highest BCUT2D eigenvalue weighted by atomic mass is 16.5. The lowest BCUT2D eigenvalue weighted by atomic mass is 10.1. The highest BCUT2D eigenvalue weighted by Gasteiger charge is 2.15. The molecule has 0 spiro atoms. The summed E-state index contributed by atoms with van der Waals surface area (Å²) in [5, 5.41) is 7.61. The third-order valence-corrected chi connectivity index (χ3v) is 2.41. The molecule has 0 radical (unpaired) electrons. The first-order valence-electron chi connectivity index (χ1n) is 4.87. The summed E-state index contributed by atoms with van der Waals surface area (Å²) in [5.74, 6) is 0. The molecule has 1 N–H and O–H groups in total. The van der Waals surface area contributed by atoms with E-state index in [1.54, 1.807) is 7.11 Å². The Hall–Kier alpha value is -0.870. The molecule has 1 aromatic rings. The minimum Gasteiger partial charge on any atom is -0.382 e. The predicted molar refractivity (Wildman–Crippen MR) is 56.1 cm³/mol. The third-order valence-electron chi connectivity index (χ3n) is 2.41. The van der Waals surface area contributed by atoms with Crippen molar-refractivity contribution in [1.82, 2.24) is 15.1 Å². The summed E-state index contributed by atoms with van der Waals surface area (Å²) in [5.41, 5.74) is 1.07. The van der Waals surface area contributed by atoms with Crippen LogP contribution in [0, 0.1) is 0 Å². The maximum atomic E-state index is 5.24. The fourth-order valence-electron chi connectivity index (χ4n) is 1.43. The summed E-state index contributed by atoms with van der Waals surface area (Å²) in [6.07, 6.45) is 3.13. The molecule has 2 atom stereocenters. The van der Waals surface area contributed by atoms with E-state index in [4.69, 9.17) is 4.74 Å². The fourth-order valence-corrected chi connectivity index (χ4v) is 1.43. The Labute approximate surface area is 85.3 Å². The van der Waals surface area contributed by atoms with Crippen LogP contribution in [0.15, 0.2) is 12.3 Å². The summed E-state index contributed by atoms with van der Waals surface area (Å²) in [6, 6.07) is 2.30. The van der Waals surface area contributed by atoms with E-state index in [0.717, 1.165) is 12.1 Å². The molecule has 2 unspecified atom stereocenters. The predicted octanol–water partition coefficient (Wildman–Crippen LogP) is 1.11. The number of nitrogens with zero attached hydrogens (tertiary/aromatic N) is 2. The van der Waals surface area contributed by atoms with Gasteiger partial charge in [0.15, 0.2) is 0 Å². The van der Waals surface area contributed by atoms with Gasteiger partial charge in [-0.3, -0.25) is 4.68 Å². The molecule has 0 saturated heterocycles. The van der Waals surface area contributed by atoms with Gasteiger partial charge in [0.1, 0.15) is 0 Å². The van der Waals surface area contributed by atoms with E-state index in [2.05, 4.69) is 17.3 Å². The Morgan fingerprint density at radius 3 is 2.79 bits per heavy atom. The number of nitrogens with one attached hydrogen (secondary N) is 1. The summed E-state index contributed by atoms with van der Waals surface area (Å²) in [7, 11) is 5.60. The number of ether oxygens (including phenoxy) is 1. The summed E-state index contributed by atoms with van der Waals surface area (Å²) in [6.45, 7) is 2.06. The lowest BCUT2D eigenvalue weighted by molar-refractivity contribution is 0.101. The SMILES string of the molecule is CNC(CC(C)OC)c1ccn(C)n1. The number of rotatable bonds is 5. The number of aromatic nitrogens is 2. The second-order valence-corrected chi connectivity index (χ2v) is 3.54. The molecule has 4 heteroatoms. The second-order valence-electron chi connectivity index (χ2n) is 3.54. The molecule has 0 fully saturated rings. The van der Waals surface area contributed by atoms with Crippen LogP contribution in [-0.2, 0) is 11.8 Å². The van der Waals surface area contributed by atoms with Crippen LogP contribution in [0.25, 0.3) is 0 Å². The average Bonchev–Trinajstić information content (AvgIpc) is 2.60. The van der Waals surface area contributed by atoms with Crippen LogP contribution in [0.4, 0.5) is 0 Å². The Kier molecular flexibility index (Phi) is 4.10. The quantitative estimate of drug-likeness (QED) is 0.768. The van der Waals surface area contributed by atoms with Crippen LogP contribution in [0.3, 0.4) is 0 Å². The van der Waals surface area contributed by atoms with Gasteiger partial charge in [0, 0.05) is 20.4 Å². The van der Waals surface area contributed by atoms with Crippen molar-refractivity contribution in [2.75, 3.05) is 14.2 Å². The van der Waals surface area contributed by atoms with E-state index in [1.807, 2.05) is 31.0 Å². The summed E-state index contributed by atoms with van der Waals surface area (Å²) < 4.78 is 7.05. The van der Waals surface area contributed by atoms with Gasteiger partial charge in [-0.2, -0.15) is 5.10 Å². The van der Waals surface area contributed by atoms with Crippen LogP contribution < -0.4 is 5.32 Å². The number of hydrogen-bond donors (Lipinski definition) is 1.